The molecular formula is C34H57N5O5Si2. The molecule has 0 radical (unpaired) electrons. The third-order valence-electron chi connectivity index (χ3n) is 10.8. The van der Waals surface area contributed by atoms with Crippen LogP contribution in [0, 0.1) is 0 Å². The summed E-state index contributed by atoms with van der Waals surface area (Å²) < 4.78 is 19.4. The van der Waals surface area contributed by atoms with Gasteiger partial charge in [0.1, 0.15) is 36.7 Å². The second-order valence-electron chi connectivity index (χ2n) is 17.0. The molecule has 0 amide bonds. The van der Waals surface area contributed by atoms with E-state index in [9.17, 15) is 9.90 Å². The van der Waals surface area contributed by atoms with Gasteiger partial charge in [-0.2, -0.15) is 0 Å². The summed E-state index contributed by atoms with van der Waals surface area (Å²) in [6.07, 6.45) is 0.734. The number of aliphatic hydroxyl groups is 1. The van der Waals surface area contributed by atoms with Crippen molar-refractivity contribution < 1.29 is 23.8 Å². The topological polar surface area (TPSA) is 117 Å². The van der Waals surface area contributed by atoms with Gasteiger partial charge in [-0.05, 0) is 49.5 Å². The molecule has 0 bridgehead atoms. The number of aliphatic imine (C=N–C) groups is 3. The molecule has 46 heavy (non-hydrogen) atoms. The van der Waals surface area contributed by atoms with Crippen molar-refractivity contribution in [1.82, 2.24) is 10.2 Å². The molecule has 0 aliphatic carbocycles. The fraction of sp³-hybridized carbons (Fsp3) is 0.706. The minimum absolute atomic E-state index is 0.0195. The molecule has 3 heterocycles. The molecule has 0 aromatic heterocycles. The van der Waals surface area contributed by atoms with Crippen molar-refractivity contribution in [1.29, 1.82) is 0 Å². The summed E-state index contributed by atoms with van der Waals surface area (Å²) in [5, 5.41) is 14.9. The fourth-order valence-corrected chi connectivity index (χ4v) is 9.68. The van der Waals surface area contributed by atoms with Gasteiger partial charge < -0.3 is 23.9 Å². The van der Waals surface area contributed by atoms with Gasteiger partial charge in [0.15, 0.2) is 14.2 Å². The Kier molecular flexibility index (Phi) is 9.82. The lowest BCUT2D eigenvalue weighted by Gasteiger charge is -2.49. The third kappa shape index (κ3) is 6.84. The molecule has 0 spiro atoms. The van der Waals surface area contributed by atoms with E-state index in [1.165, 1.54) is 6.34 Å². The number of hydrogen-bond acceptors (Lipinski definition) is 10. The summed E-state index contributed by atoms with van der Waals surface area (Å²) in [7, 11) is -4.53. The van der Waals surface area contributed by atoms with Crippen LogP contribution in [0.4, 0.5) is 0 Å². The minimum atomic E-state index is -2.41. The van der Waals surface area contributed by atoms with E-state index in [1.54, 1.807) is 0 Å². The molecule has 256 valence electrons. The van der Waals surface area contributed by atoms with Gasteiger partial charge in [-0.3, -0.25) is 10.3 Å². The monoisotopic (exact) mass is 671 g/mol. The van der Waals surface area contributed by atoms with Crippen LogP contribution < -0.4 is 5.32 Å². The van der Waals surface area contributed by atoms with Gasteiger partial charge in [-0.1, -0.05) is 85.0 Å². The minimum Gasteiger partial charge on any atom is -0.457 e. The SMILES string of the molecule is CC(C)(C)OC(=O)C1(NCc2ccccc2)N=CN=C2C1=NCN2[C@H]1C[C@@](O)([Si](C)(C)C(C)(C)C)[C@@H](CO[Si](C)(C)C(C)(C)C)O1. The average molecular weight is 672 g/mol. The van der Waals surface area contributed by atoms with E-state index >= 15 is 0 Å². The normalized spacial score (nSPS) is 27.4. The summed E-state index contributed by atoms with van der Waals surface area (Å²) in [4.78, 5) is 30.0. The molecular weight excluding hydrogens is 615 g/mol. The maximum Gasteiger partial charge on any atom is 0.356 e. The molecule has 1 fully saturated rings. The highest BCUT2D eigenvalue weighted by molar-refractivity contribution is 6.83. The lowest BCUT2D eigenvalue weighted by molar-refractivity contribution is -0.159. The van der Waals surface area contributed by atoms with E-state index in [0.29, 0.717) is 31.1 Å². The van der Waals surface area contributed by atoms with Crippen LogP contribution in [0.15, 0.2) is 45.3 Å². The Morgan fingerprint density at radius 2 is 1.67 bits per heavy atom. The van der Waals surface area contributed by atoms with Gasteiger partial charge in [0.25, 0.3) is 5.66 Å². The van der Waals surface area contributed by atoms with Crippen LogP contribution in [0.25, 0.3) is 0 Å². The van der Waals surface area contributed by atoms with E-state index in [-0.39, 0.29) is 16.7 Å². The Balaban J connectivity index is 1.67. The quantitative estimate of drug-likeness (QED) is 0.249. The first-order valence-electron chi connectivity index (χ1n) is 16.4. The number of fused-ring (bicyclic) bond motifs is 1. The van der Waals surface area contributed by atoms with E-state index in [0.717, 1.165) is 5.56 Å². The lowest BCUT2D eigenvalue weighted by atomic mass is 10.0. The van der Waals surface area contributed by atoms with Gasteiger partial charge in [-0.15, -0.1) is 0 Å². The number of rotatable bonds is 9. The maximum atomic E-state index is 14.0. The second-order valence-corrected chi connectivity index (χ2v) is 27.4. The van der Waals surface area contributed by atoms with Crippen molar-refractivity contribution in [2.75, 3.05) is 13.3 Å². The second kappa shape index (κ2) is 12.3. The predicted molar refractivity (Wildman–Crippen MR) is 190 cm³/mol. The van der Waals surface area contributed by atoms with Crippen LogP contribution in [-0.4, -0.2) is 92.3 Å². The predicted octanol–water partition coefficient (Wildman–Crippen LogP) is 5.88. The Labute approximate surface area is 278 Å². The zero-order valence-electron chi connectivity index (χ0n) is 30.3. The molecule has 1 aromatic rings. The zero-order chi connectivity index (χ0) is 34.6. The number of esters is 1. The van der Waals surface area contributed by atoms with Crippen molar-refractivity contribution >= 4 is 40.2 Å². The highest BCUT2D eigenvalue weighted by Gasteiger charge is 2.63. The fourth-order valence-electron chi connectivity index (χ4n) is 5.74. The van der Waals surface area contributed by atoms with Crippen LogP contribution in [-0.2, 0) is 25.2 Å². The first-order valence-corrected chi connectivity index (χ1v) is 22.3. The lowest BCUT2D eigenvalue weighted by Crippen LogP contribution is -2.65. The molecule has 4 rings (SSSR count). The average Bonchev–Trinajstić information content (AvgIpc) is 3.51. The number of hydrogen-bond donors (Lipinski definition) is 2. The van der Waals surface area contributed by atoms with Crippen molar-refractivity contribution in [2.24, 2.45) is 15.0 Å². The van der Waals surface area contributed by atoms with Crippen LogP contribution in [0.5, 0.6) is 0 Å². The number of nitrogens with one attached hydrogen (secondary N) is 1. The van der Waals surface area contributed by atoms with E-state index in [4.69, 9.17) is 18.9 Å². The zero-order valence-corrected chi connectivity index (χ0v) is 32.3. The van der Waals surface area contributed by atoms with Crippen molar-refractivity contribution in [3.8, 4) is 0 Å². The maximum absolute atomic E-state index is 14.0. The number of benzene rings is 1. The smallest absolute Gasteiger partial charge is 0.356 e. The van der Waals surface area contributed by atoms with Crippen molar-refractivity contribution in [3.05, 3.63) is 35.9 Å². The van der Waals surface area contributed by atoms with E-state index < -0.39 is 51.2 Å². The van der Waals surface area contributed by atoms with Crippen LogP contribution in [0.3, 0.4) is 0 Å². The summed E-state index contributed by atoms with van der Waals surface area (Å²) in [5.41, 5.74) is -0.953. The number of nitrogens with zero attached hydrogens (tertiary/aromatic N) is 4. The largest absolute Gasteiger partial charge is 0.457 e. The van der Waals surface area contributed by atoms with Gasteiger partial charge in [-0.25, -0.2) is 14.8 Å². The molecule has 1 aromatic carbocycles. The summed E-state index contributed by atoms with van der Waals surface area (Å²) in [6.45, 7) is 28.6. The number of amidine groups is 1. The molecule has 1 saturated heterocycles. The molecule has 3 aliphatic rings. The standard InChI is InChI=1S/C34H57N5O5Si2/c1-30(2,3)44-29(40)34(37-20-24-17-15-14-16-18-24)27-28(35-22-38-34)39(23-36-27)26-19-33(41,45(10,11)31(4,5)6)25(43-26)21-42-46(12,13)32(7,8)9/h14-18,22,25-26,37,41H,19-21,23H2,1-13H3/t25-,26-,33-,34?/m1/s1. The molecule has 12 heteroatoms. The van der Waals surface area contributed by atoms with Gasteiger partial charge >= 0.3 is 5.97 Å². The molecule has 4 atom stereocenters. The number of carbonyl (C=O) groups is 1. The number of ether oxygens (including phenoxy) is 2. The summed E-state index contributed by atoms with van der Waals surface area (Å²) in [5.74, 6) is -0.0547. The first kappa shape index (κ1) is 36.6. The van der Waals surface area contributed by atoms with Gasteiger partial charge in [0.05, 0.1) is 19.9 Å². The Morgan fingerprint density at radius 1 is 1.04 bits per heavy atom. The van der Waals surface area contributed by atoms with Crippen LogP contribution >= 0.6 is 0 Å². The van der Waals surface area contributed by atoms with Gasteiger partial charge in [0.2, 0.25) is 0 Å². The first-order chi connectivity index (χ1) is 21.0. The Hall–Kier alpha value is -2.23. The molecule has 0 saturated carbocycles. The molecule has 2 N–H and O–H groups in total. The van der Waals surface area contributed by atoms with Crippen LogP contribution in [0.2, 0.25) is 36.3 Å². The Bertz CT molecular complexity index is 1380. The highest BCUT2D eigenvalue weighted by Crippen LogP contribution is 2.51. The molecule has 1 unspecified atom stereocenters. The highest BCUT2D eigenvalue weighted by atomic mass is 28.4. The molecule has 10 nitrogen and oxygen atoms in total. The van der Waals surface area contributed by atoms with Crippen molar-refractivity contribution in [3.63, 3.8) is 0 Å². The van der Waals surface area contributed by atoms with E-state index in [1.807, 2.05) is 56.0 Å². The van der Waals surface area contributed by atoms with Gasteiger partial charge in [0, 0.05) is 13.0 Å². The van der Waals surface area contributed by atoms with E-state index in [2.05, 4.69) is 83.0 Å². The third-order valence-corrected chi connectivity index (χ3v) is 21.7. The van der Waals surface area contributed by atoms with Crippen molar-refractivity contribution in [2.45, 2.75) is 140 Å². The summed E-state index contributed by atoms with van der Waals surface area (Å²) in [6, 6.07) is 9.83. The van der Waals surface area contributed by atoms with Crippen LogP contribution in [0.1, 0.15) is 74.3 Å². The number of carbonyl (C=O) groups excluding carboxylic acids is 1. The summed E-state index contributed by atoms with van der Waals surface area (Å²) >= 11 is 0. The molecule has 3 aliphatic heterocycles. The Morgan fingerprint density at radius 3 is 2.24 bits per heavy atom.